The van der Waals surface area contributed by atoms with Crippen molar-refractivity contribution in [2.75, 3.05) is 33.3 Å². The second-order valence-corrected chi connectivity index (χ2v) is 3.75. The molecule has 2 saturated heterocycles. The number of ether oxygens (including phenoxy) is 1. The molecule has 13 heavy (non-hydrogen) atoms. The Balaban J connectivity index is 1.93. The van der Waals surface area contributed by atoms with Crippen molar-refractivity contribution in [1.82, 2.24) is 9.80 Å². The maximum atomic E-state index is 11.2. The van der Waals surface area contributed by atoms with Gasteiger partial charge >= 0.3 is 6.09 Å². The minimum atomic E-state index is -0.174. The van der Waals surface area contributed by atoms with E-state index in [0.717, 1.165) is 19.6 Å². The van der Waals surface area contributed by atoms with Gasteiger partial charge in [-0.15, -0.1) is 0 Å². The van der Waals surface area contributed by atoms with E-state index >= 15 is 0 Å². The molecule has 0 saturated carbocycles. The highest BCUT2D eigenvalue weighted by Gasteiger charge is 2.32. The molecule has 4 heteroatoms. The molecule has 2 aliphatic rings. The zero-order chi connectivity index (χ0) is 9.26. The van der Waals surface area contributed by atoms with E-state index in [-0.39, 0.29) is 6.09 Å². The van der Waals surface area contributed by atoms with Crippen LogP contribution in [0, 0.1) is 0 Å². The van der Waals surface area contributed by atoms with Gasteiger partial charge in [-0.1, -0.05) is 0 Å². The number of rotatable bonds is 0. The van der Waals surface area contributed by atoms with Gasteiger partial charge in [0.1, 0.15) is 0 Å². The van der Waals surface area contributed by atoms with Crippen LogP contribution < -0.4 is 0 Å². The first-order valence-electron chi connectivity index (χ1n) is 4.88. The van der Waals surface area contributed by atoms with Crippen molar-refractivity contribution in [2.24, 2.45) is 0 Å². The van der Waals surface area contributed by atoms with Crippen LogP contribution in [-0.4, -0.2) is 55.2 Å². The standard InChI is InChI=1S/C9H16N2O2/c1-13-9(12)11-6-5-10-4-2-3-8(10)7-11/h8H,2-7H2,1H3. The van der Waals surface area contributed by atoms with Gasteiger partial charge in [0.05, 0.1) is 7.11 Å². The first-order chi connectivity index (χ1) is 6.31. The average Bonchev–Trinajstić information content (AvgIpc) is 2.63. The Morgan fingerprint density at radius 2 is 2.23 bits per heavy atom. The normalized spacial score (nSPS) is 28.7. The Kier molecular flexibility index (Phi) is 2.40. The van der Waals surface area contributed by atoms with Crippen LogP contribution >= 0.6 is 0 Å². The van der Waals surface area contributed by atoms with E-state index in [1.807, 2.05) is 4.90 Å². The Hall–Kier alpha value is -0.770. The first-order valence-corrected chi connectivity index (χ1v) is 4.88. The highest BCUT2D eigenvalue weighted by molar-refractivity contribution is 5.67. The summed E-state index contributed by atoms with van der Waals surface area (Å²) in [6.45, 7) is 3.90. The van der Waals surface area contributed by atoms with Gasteiger partial charge in [-0.25, -0.2) is 4.79 Å². The highest BCUT2D eigenvalue weighted by Crippen LogP contribution is 2.21. The predicted octanol–water partition coefficient (Wildman–Crippen LogP) is 0.533. The van der Waals surface area contributed by atoms with E-state index in [4.69, 9.17) is 4.74 Å². The molecule has 0 aromatic carbocycles. The van der Waals surface area contributed by atoms with Crippen LogP contribution in [0.4, 0.5) is 4.79 Å². The Morgan fingerprint density at radius 3 is 3.00 bits per heavy atom. The van der Waals surface area contributed by atoms with E-state index in [1.54, 1.807) is 0 Å². The lowest BCUT2D eigenvalue weighted by atomic mass is 10.2. The lowest BCUT2D eigenvalue weighted by molar-refractivity contribution is 0.0770. The van der Waals surface area contributed by atoms with Crippen molar-refractivity contribution in [3.8, 4) is 0 Å². The maximum Gasteiger partial charge on any atom is 0.409 e. The van der Waals surface area contributed by atoms with Gasteiger partial charge in [0.15, 0.2) is 0 Å². The highest BCUT2D eigenvalue weighted by atomic mass is 16.5. The van der Waals surface area contributed by atoms with Crippen LogP contribution in [0.2, 0.25) is 0 Å². The second-order valence-electron chi connectivity index (χ2n) is 3.75. The second kappa shape index (κ2) is 3.54. The average molecular weight is 184 g/mol. The molecule has 2 aliphatic heterocycles. The lowest BCUT2D eigenvalue weighted by Gasteiger charge is -2.36. The van der Waals surface area contributed by atoms with Gasteiger partial charge < -0.3 is 9.64 Å². The van der Waals surface area contributed by atoms with Gasteiger partial charge in [-0.05, 0) is 19.4 Å². The Morgan fingerprint density at radius 1 is 1.38 bits per heavy atom. The van der Waals surface area contributed by atoms with Gasteiger partial charge in [0, 0.05) is 25.7 Å². The summed E-state index contributed by atoms with van der Waals surface area (Å²) in [6, 6.07) is 0.591. The third kappa shape index (κ3) is 1.63. The fourth-order valence-electron chi connectivity index (χ4n) is 2.29. The van der Waals surface area contributed by atoms with Gasteiger partial charge in [0.2, 0.25) is 0 Å². The van der Waals surface area contributed by atoms with Crippen LogP contribution in [0.25, 0.3) is 0 Å². The van der Waals surface area contributed by atoms with Crippen molar-refractivity contribution in [2.45, 2.75) is 18.9 Å². The molecule has 74 valence electrons. The van der Waals surface area contributed by atoms with E-state index in [0.29, 0.717) is 6.04 Å². The topological polar surface area (TPSA) is 32.8 Å². The third-order valence-corrected chi connectivity index (χ3v) is 3.02. The van der Waals surface area contributed by atoms with E-state index in [1.165, 1.54) is 26.5 Å². The van der Waals surface area contributed by atoms with Crippen LogP contribution in [0.5, 0.6) is 0 Å². The smallest absolute Gasteiger partial charge is 0.409 e. The zero-order valence-corrected chi connectivity index (χ0v) is 8.03. The minimum absolute atomic E-state index is 0.174. The summed E-state index contributed by atoms with van der Waals surface area (Å²) in [4.78, 5) is 15.5. The number of hydrogen-bond donors (Lipinski definition) is 0. The maximum absolute atomic E-state index is 11.2. The molecular weight excluding hydrogens is 168 g/mol. The fourth-order valence-corrected chi connectivity index (χ4v) is 2.29. The van der Waals surface area contributed by atoms with Crippen LogP contribution in [-0.2, 0) is 4.74 Å². The molecule has 0 radical (unpaired) electrons. The number of carbonyl (C=O) groups is 1. The molecule has 2 rings (SSSR count). The molecule has 2 heterocycles. The first kappa shape index (κ1) is 8.81. The lowest BCUT2D eigenvalue weighted by Crippen LogP contribution is -2.51. The summed E-state index contributed by atoms with van der Waals surface area (Å²) in [5, 5.41) is 0. The van der Waals surface area contributed by atoms with Crippen molar-refractivity contribution >= 4 is 6.09 Å². The van der Waals surface area contributed by atoms with Gasteiger partial charge in [-0.2, -0.15) is 0 Å². The fraction of sp³-hybridized carbons (Fsp3) is 0.889. The summed E-state index contributed by atoms with van der Waals surface area (Å²) in [5.41, 5.74) is 0. The zero-order valence-electron chi connectivity index (χ0n) is 8.03. The van der Waals surface area contributed by atoms with Crippen LogP contribution in [0.1, 0.15) is 12.8 Å². The quantitative estimate of drug-likeness (QED) is 0.550. The SMILES string of the molecule is COC(=O)N1CCN2CCCC2C1. The largest absolute Gasteiger partial charge is 0.453 e. The monoisotopic (exact) mass is 184 g/mol. The molecule has 1 unspecified atom stereocenters. The molecule has 0 bridgehead atoms. The molecule has 1 amide bonds. The van der Waals surface area contributed by atoms with Gasteiger partial charge in [0.25, 0.3) is 0 Å². The molecule has 0 aromatic heterocycles. The Labute approximate surface area is 78.4 Å². The van der Waals surface area contributed by atoms with Crippen LogP contribution in [0.3, 0.4) is 0 Å². The molecule has 0 aliphatic carbocycles. The van der Waals surface area contributed by atoms with E-state index < -0.39 is 0 Å². The summed E-state index contributed by atoms with van der Waals surface area (Å²) in [6.07, 6.45) is 2.33. The number of nitrogens with zero attached hydrogens (tertiary/aromatic N) is 2. The summed E-state index contributed by atoms with van der Waals surface area (Å²) >= 11 is 0. The molecule has 0 spiro atoms. The number of hydrogen-bond acceptors (Lipinski definition) is 3. The van der Waals surface area contributed by atoms with Crippen molar-refractivity contribution < 1.29 is 9.53 Å². The van der Waals surface area contributed by atoms with E-state index in [9.17, 15) is 4.79 Å². The molecular formula is C9H16N2O2. The molecule has 1 atom stereocenters. The molecule has 0 N–H and O–H groups in total. The number of carbonyl (C=O) groups excluding carboxylic acids is 1. The molecule has 2 fully saturated rings. The number of fused-ring (bicyclic) bond motifs is 1. The number of amides is 1. The Bertz CT molecular complexity index is 208. The summed E-state index contributed by atoms with van der Waals surface area (Å²) in [5.74, 6) is 0. The summed E-state index contributed by atoms with van der Waals surface area (Å²) in [7, 11) is 1.45. The van der Waals surface area contributed by atoms with Crippen molar-refractivity contribution in [1.29, 1.82) is 0 Å². The summed E-state index contributed by atoms with van der Waals surface area (Å²) < 4.78 is 4.71. The molecule has 4 nitrogen and oxygen atoms in total. The minimum Gasteiger partial charge on any atom is -0.453 e. The molecule has 0 aromatic rings. The van der Waals surface area contributed by atoms with Crippen LogP contribution in [0.15, 0.2) is 0 Å². The van der Waals surface area contributed by atoms with Crippen molar-refractivity contribution in [3.05, 3.63) is 0 Å². The van der Waals surface area contributed by atoms with E-state index in [2.05, 4.69) is 4.90 Å². The predicted molar refractivity (Wildman–Crippen MR) is 48.6 cm³/mol. The van der Waals surface area contributed by atoms with Gasteiger partial charge in [-0.3, -0.25) is 4.90 Å². The van der Waals surface area contributed by atoms with Crippen molar-refractivity contribution in [3.63, 3.8) is 0 Å². The number of piperazine rings is 1. The number of methoxy groups -OCH3 is 1. The third-order valence-electron chi connectivity index (χ3n) is 3.02.